The highest BCUT2D eigenvalue weighted by molar-refractivity contribution is 7.92. The van der Waals surface area contributed by atoms with Crippen LogP contribution in [0, 0.1) is 5.82 Å². The Bertz CT molecular complexity index is 1030. The van der Waals surface area contributed by atoms with Crippen LogP contribution >= 0.6 is 0 Å². The first-order chi connectivity index (χ1) is 12.9. The van der Waals surface area contributed by atoms with E-state index in [9.17, 15) is 17.6 Å². The highest BCUT2D eigenvalue weighted by Gasteiger charge is 2.30. The second-order valence-electron chi connectivity index (χ2n) is 5.93. The van der Waals surface area contributed by atoms with Gasteiger partial charge in [0, 0.05) is 11.8 Å². The summed E-state index contributed by atoms with van der Waals surface area (Å²) >= 11 is 0. The molecule has 1 amide bonds. The summed E-state index contributed by atoms with van der Waals surface area (Å²) in [6.45, 7) is 1.28. The van der Waals surface area contributed by atoms with Gasteiger partial charge in [-0.2, -0.15) is 0 Å². The summed E-state index contributed by atoms with van der Waals surface area (Å²) in [4.78, 5) is 16.4. The summed E-state index contributed by atoms with van der Waals surface area (Å²) in [5.74, 6) is -1.01. The van der Waals surface area contributed by atoms with Crippen LogP contribution in [0.5, 0.6) is 0 Å². The van der Waals surface area contributed by atoms with Crippen LogP contribution in [0.2, 0.25) is 0 Å². The van der Waals surface area contributed by atoms with Gasteiger partial charge in [0.1, 0.15) is 16.9 Å². The number of aromatic nitrogens is 1. The maximum atomic E-state index is 13.0. The molecule has 3 rings (SSSR count). The van der Waals surface area contributed by atoms with Crippen LogP contribution in [0.4, 0.5) is 10.2 Å². The normalized spacial score (nSPS) is 12.4. The van der Waals surface area contributed by atoms with E-state index in [4.69, 9.17) is 0 Å². The van der Waals surface area contributed by atoms with Gasteiger partial charge in [-0.05, 0) is 48.9 Å². The molecule has 0 saturated heterocycles. The van der Waals surface area contributed by atoms with Crippen molar-refractivity contribution < 1.29 is 17.6 Å². The largest absolute Gasteiger partial charge is 0.310 e. The van der Waals surface area contributed by atoms with Crippen LogP contribution in [-0.2, 0) is 14.6 Å². The summed E-state index contributed by atoms with van der Waals surface area (Å²) in [5.41, 5.74) is 1.86. The summed E-state index contributed by atoms with van der Waals surface area (Å²) in [5, 5.41) is 1.16. The average Bonchev–Trinajstić information content (AvgIpc) is 2.69. The first kappa shape index (κ1) is 18.7. The lowest BCUT2D eigenvalue weighted by molar-refractivity contribution is -0.115. The predicted octanol–water partition coefficient (Wildman–Crippen LogP) is 3.69. The van der Waals surface area contributed by atoms with Crippen molar-refractivity contribution >= 4 is 21.6 Å². The number of benzene rings is 2. The molecule has 0 unspecified atom stereocenters. The van der Waals surface area contributed by atoms with Gasteiger partial charge in [0.25, 0.3) is 0 Å². The second kappa shape index (κ2) is 7.67. The maximum absolute atomic E-state index is 13.0. The molecule has 0 bridgehead atoms. The number of pyridine rings is 1. The van der Waals surface area contributed by atoms with E-state index < -0.39 is 26.8 Å². The van der Waals surface area contributed by atoms with Gasteiger partial charge in [-0.25, -0.2) is 17.8 Å². The number of nitrogens with one attached hydrogen (secondary N) is 1. The number of carbonyl (C=O) groups is 1. The predicted molar refractivity (Wildman–Crippen MR) is 101 cm³/mol. The number of carbonyl (C=O) groups excluding carboxylic acids is 1. The molecule has 1 aromatic heterocycles. The molecule has 1 N–H and O–H groups in total. The van der Waals surface area contributed by atoms with E-state index >= 15 is 0 Å². The fourth-order valence-electron chi connectivity index (χ4n) is 2.47. The van der Waals surface area contributed by atoms with Crippen LogP contribution in [-0.4, -0.2) is 24.6 Å². The Morgan fingerprint density at radius 2 is 1.63 bits per heavy atom. The third-order valence-electron chi connectivity index (χ3n) is 4.10. The van der Waals surface area contributed by atoms with E-state index in [0.29, 0.717) is 0 Å². The van der Waals surface area contributed by atoms with Crippen molar-refractivity contribution in [1.29, 1.82) is 0 Å². The highest BCUT2D eigenvalue weighted by Crippen LogP contribution is 2.20. The minimum Gasteiger partial charge on any atom is -0.310 e. The van der Waals surface area contributed by atoms with E-state index in [0.717, 1.165) is 35.4 Å². The highest BCUT2D eigenvalue weighted by atomic mass is 32.2. The van der Waals surface area contributed by atoms with E-state index in [1.807, 2.05) is 30.3 Å². The molecule has 0 aliphatic rings. The summed E-state index contributed by atoms with van der Waals surface area (Å²) in [6, 6.07) is 17.4. The molecule has 27 heavy (non-hydrogen) atoms. The van der Waals surface area contributed by atoms with Crippen LogP contribution in [0.25, 0.3) is 11.1 Å². The number of amides is 1. The monoisotopic (exact) mass is 384 g/mol. The van der Waals surface area contributed by atoms with Gasteiger partial charge in [-0.15, -0.1) is 0 Å². The zero-order chi connectivity index (χ0) is 19.4. The number of nitrogens with zero attached hydrogens (tertiary/aromatic N) is 1. The van der Waals surface area contributed by atoms with Gasteiger partial charge in [0.2, 0.25) is 5.91 Å². The zero-order valence-corrected chi connectivity index (χ0v) is 15.3. The van der Waals surface area contributed by atoms with Crippen molar-refractivity contribution in [1.82, 2.24) is 4.98 Å². The van der Waals surface area contributed by atoms with Gasteiger partial charge in [0.15, 0.2) is 9.84 Å². The third kappa shape index (κ3) is 4.20. The minimum atomic E-state index is -3.93. The molecule has 138 valence electrons. The number of hydrogen-bond acceptors (Lipinski definition) is 4. The third-order valence-corrected chi connectivity index (χ3v) is 6.17. The molecule has 2 aromatic carbocycles. The van der Waals surface area contributed by atoms with Crippen molar-refractivity contribution in [2.75, 3.05) is 5.32 Å². The van der Waals surface area contributed by atoms with Crippen LogP contribution in [0.3, 0.4) is 0 Å². The fourth-order valence-corrected chi connectivity index (χ4v) is 3.73. The molecule has 0 saturated carbocycles. The van der Waals surface area contributed by atoms with Crippen molar-refractivity contribution in [2.24, 2.45) is 0 Å². The quantitative estimate of drug-likeness (QED) is 0.681. The van der Waals surface area contributed by atoms with E-state index in [1.54, 1.807) is 18.3 Å². The fraction of sp³-hybridized carbons (Fsp3) is 0.100. The number of halogens is 1. The Balaban J connectivity index is 1.73. The van der Waals surface area contributed by atoms with Crippen molar-refractivity contribution in [2.45, 2.75) is 17.1 Å². The average molecular weight is 384 g/mol. The number of sulfone groups is 1. The van der Waals surface area contributed by atoms with Crippen molar-refractivity contribution in [3.63, 3.8) is 0 Å². The Hall–Kier alpha value is -3.06. The molecule has 3 aromatic rings. The van der Waals surface area contributed by atoms with E-state index in [-0.39, 0.29) is 10.7 Å². The Labute approximate surface area is 156 Å². The minimum absolute atomic E-state index is 0.112. The molecule has 0 fully saturated rings. The zero-order valence-electron chi connectivity index (χ0n) is 14.5. The van der Waals surface area contributed by atoms with Crippen LogP contribution in [0.1, 0.15) is 6.92 Å². The number of hydrogen-bond donors (Lipinski definition) is 1. The first-order valence-electron chi connectivity index (χ1n) is 8.20. The topological polar surface area (TPSA) is 76.1 Å². The Morgan fingerprint density at radius 1 is 0.963 bits per heavy atom. The molecule has 0 aliphatic heterocycles. The van der Waals surface area contributed by atoms with Gasteiger partial charge in [-0.1, -0.05) is 30.3 Å². The molecule has 0 aliphatic carbocycles. The van der Waals surface area contributed by atoms with Gasteiger partial charge < -0.3 is 5.32 Å². The van der Waals surface area contributed by atoms with Crippen LogP contribution in [0.15, 0.2) is 77.8 Å². The smallest absolute Gasteiger partial charge is 0.243 e. The number of anilines is 1. The molecule has 5 nitrogen and oxygen atoms in total. The molecule has 0 radical (unpaired) electrons. The SMILES string of the molecule is C[C@@H](C(=O)Nc1ccc(-c2ccccc2)cn1)S(=O)(=O)c1ccc(F)cc1. The lowest BCUT2D eigenvalue weighted by atomic mass is 10.1. The Morgan fingerprint density at radius 3 is 2.22 bits per heavy atom. The summed E-state index contributed by atoms with van der Waals surface area (Å²) in [7, 11) is -3.93. The standard InChI is InChI=1S/C20H17FN2O3S/c1-14(27(25,26)18-10-8-17(21)9-11-18)20(24)23-19-12-7-16(13-22-19)15-5-3-2-4-6-15/h2-14H,1H3,(H,22,23,24)/t14-/m0/s1. The summed E-state index contributed by atoms with van der Waals surface area (Å²) in [6.07, 6.45) is 1.60. The van der Waals surface area contributed by atoms with Crippen molar-refractivity contribution in [3.8, 4) is 11.1 Å². The van der Waals surface area contributed by atoms with Crippen molar-refractivity contribution in [3.05, 3.63) is 78.7 Å². The van der Waals surface area contributed by atoms with Gasteiger partial charge in [-0.3, -0.25) is 4.79 Å². The Kier molecular flexibility index (Phi) is 5.32. The molecule has 7 heteroatoms. The number of rotatable bonds is 5. The molecule has 1 heterocycles. The molecular formula is C20H17FN2O3S. The second-order valence-corrected chi connectivity index (χ2v) is 8.20. The molecule has 1 atom stereocenters. The molecular weight excluding hydrogens is 367 g/mol. The van der Waals surface area contributed by atoms with Gasteiger partial charge in [0.05, 0.1) is 4.90 Å². The first-order valence-corrected chi connectivity index (χ1v) is 9.74. The lowest BCUT2D eigenvalue weighted by Gasteiger charge is -2.13. The maximum Gasteiger partial charge on any atom is 0.243 e. The van der Waals surface area contributed by atoms with E-state index in [1.165, 1.54) is 6.92 Å². The van der Waals surface area contributed by atoms with Crippen LogP contribution < -0.4 is 5.32 Å². The van der Waals surface area contributed by atoms with E-state index in [2.05, 4.69) is 10.3 Å². The summed E-state index contributed by atoms with van der Waals surface area (Å²) < 4.78 is 38.0. The molecule has 0 spiro atoms. The van der Waals surface area contributed by atoms with Gasteiger partial charge >= 0.3 is 0 Å². The lowest BCUT2D eigenvalue weighted by Crippen LogP contribution is -2.32.